The van der Waals surface area contributed by atoms with Crippen LogP contribution < -0.4 is 10.5 Å². The highest BCUT2D eigenvalue weighted by Gasteiger charge is 2.46. The number of hydrogen-bond donors (Lipinski definition) is 1. The lowest BCUT2D eigenvalue weighted by Gasteiger charge is -2.39. The van der Waals surface area contributed by atoms with Gasteiger partial charge in [0, 0.05) is 19.3 Å². The van der Waals surface area contributed by atoms with Crippen molar-refractivity contribution < 1.29 is 22.7 Å². The van der Waals surface area contributed by atoms with E-state index < -0.39 is 24.0 Å². The molecular formula is C20H22F3N3O2. The van der Waals surface area contributed by atoms with Gasteiger partial charge < -0.3 is 10.5 Å². The summed E-state index contributed by atoms with van der Waals surface area (Å²) in [6.45, 7) is 0.411. The van der Waals surface area contributed by atoms with Crippen molar-refractivity contribution >= 4 is 5.91 Å². The van der Waals surface area contributed by atoms with Crippen LogP contribution in [-0.2, 0) is 17.9 Å². The van der Waals surface area contributed by atoms with E-state index >= 15 is 0 Å². The number of carbonyl (C=O) groups is 1. The molecule has 0 radical (unpaired) electrons. The molecule has 1 aliphatic rings. The van der Waals surface area contributed by atoms with Gasteiger partial charge in [-0.15, -0.1) is 0 Å². The normalized spacial score (nSPS) is 20.7. The van der Waals surface area contributed by atoms with Gasteiger partial charge in [0.2, 0.25) is 5.91 Å². The molecule has 1 fully saturated rings. The number of nitrogens with two attached hydrogens (primary N) is 1. The highest BCUT2D eigenvalue weighted by atomic mass is 19.4. The second-order valence-corrected chi connectivity index (χ2v) is 6.92. The number of ether oxygens (including phenoxy) is 1. The first-order valence-electron chi connectivity index (χ1n) is 9.04. The first-order valence-corrected chi connectivity index (χ1v) is 9.04. The van der Waals surface area contributed by atoms with Crippen molar-refractivity contribution in [3.8, 4) is 5.75 Å². The van der Waals surface area contributed by atoms with E-state index in [1.54, 1.807) is 30.5 Å². The number of amides is 1. The number of rotatable bonds is 6. The van der Waals surface area contributed by atoms with Crippen LogP contribution in [0.3, 0.4) is 0 Å². The molecule has 2 aromatic rings. The zero-order valence-electron chi connectivity index (χ0n) is 15.2. The van der Waals surface area contributed by atoms with E-state index in [0.717, 1.165) is 5.69 Å². The molecule has 0 unspecified atom stereocenters. The molecule has 0 aliphatic carbocycles. The SMILES string of the molecule is NC(=O)[C@H]1CC[C@H](C(F)(F)F)N(Cc2ccc(OCc3ccccn3)cc2)C1. The molecule has 1 aromatic carbocycles. The lowest BCUT2D eigenvalue weighted by molar-refractivity contribution is -0.197. The molecule has 1 saturated heterocycles. The summed E-state index contributed by atoms with van der Waals surface area (Å²) < 4.78 is 45.7. The van der Waals surface area contributed by atoms with Crippen LogP contribution in [0.4, 0.5) is 13.2 Å². The maximum absolute atomic E-state index is 13.4. The van der Waals surface area contributed by atoms with E-state index in [9.17, 15) is 18.0 Å². The summed E-state index contributed by atoms with van der Waals surface area (Å²) in [5.41, 5.74) is 6.81. The predicted molar refractivity (Wildman–Crippen MR) is 97.2 cm³/mol. The van der Waals surface area contributed by atoms with Gasteiger partial charge in [-0.05, 0) is 42.7 Å². The highest BCUT2D eigenvalue weighted by Crippen LogP contribution is 2.34. The minimum Gasteiger partial charge on any atom is -0.487 e. The number of likely N-dealkylation sites (tertiary alicyclic amines) is 1. The number of pyridine rings is 1. The summed E-state index contributed by atoms with van der Waals surface area (Å²) in [4.78, 5) is 16.9. The smallest absolute Gasteiger partial charge is 0.404 e. The van der Waals surface area contributed by atoms with E-state index in [2.05, 4.69) is 4.98 Å². The van der Waals surface area contributed by atoms with Crippen molar-refractivity contribution in [2.24, 2.45) is 11.7 Å². The highest BCUT2D eigenvalue weighted by molar-refractivity contribution is 5.77. The number of nitrogens with zero attached hydrogens (tertiary/aromatic N) is 2. The van der Waals surface area contributed by atoms with Crippen molar-refractivity contribution in [1.82, 2.24) is 9.88 Å². The number of halogens is 3. The van der Waals surface area contributed by atoms with Crippen LogP contribution in [0.2, 0.25) is 0 Å². The minimum atomic E-state index is -4.34. The fourth-order valence-corrected chi connectivity index (χ4v) is 3.39. The summed E-state index contributed by atoms with van der Waals surface area (Å²) in [6, 6.07) is 10.9. The molecule has 2 atom stereocenters. The average molecular weight is 393 g/mol. The van der Waals surface area contributed by atoms with Crippen LogP contribution in [0.15, 0.2) is 48.7 Å². The number of alkyl halides is 3. The van der Waals surface area contributed by atoms with Crippen molar-refractivity contribution in [1.29, 1.82) is 0 Å². The van der Waals surface area contributed by atoms with Gasteiger partial charge in [0.1, 0.15) is 18.4 Å². The molecule has 0 saturated carbocycles. The van der Waals surface area contributed by atoms with Gasteiger partial charge in [-0.1, -0.05) is 18.2 Å². The lowest BCUT2D eigenvalue weighted by Crippen LogP contribution is -2.52. The standard InChI is InChI=1S/C20H22F3N3O2/c21-20(22,23)18-9-6-15(19(24)27)12-26(18)11-14-4-7-17(8-5-14)28-13-16-3-1-2-10-25-16/h1-5,7-8,10,15,18H,6,9,11-13H2,(H2,24,27)/t15-,18+/m0/s1. The molecule has 1 aromatic heterocycles. The Labute approximate surface area is 161 Å². The van der Waals surface area contributed by atoms with E-state index in [4.69, 9.17) is 10.5 Å². The van der Waals surface area contributed by atoms with Crippen LogP contribution in [-0.4, -0.2) is 34.6 Å². The molecule has 1 amide bonds. The number of aromatic nitrogens is 1. The molecule has 3 rings (SSSR count). The van der Waals surface area contributed by atoms with Gasteiger partial charge >= 0.3 is 6.18 Å². The van der Waals surface area contributed by atoms with Crippen molar-refractivity contribution in [3.63, 3.8) is 0 Å². The Morgan fingerprint density at radius 3 is 2.54 bits per heavy atom. The van der Waals surface area contributed by atoms with Crippen LogP contribution >= 0.6 is 0 Å². The first kappa shape index (κ1) is 20.1. The van der Waals surface area contributed by atoms with Gasteiger partial charge in [-0.3, -0.25) is 14.7 Å². The third-order valence-electron chi connectivity index (χ3n) is 4.89. The third-order valence-corrected chi connectivity index (χ3v) is 4.89. The molecular weight excluding hydrogens is 371 g/mol. The van der Waals surface area contributed by atoms with Crippen molar-refractivity contribution in [3.05, 3.63) is 59.9 Å². The number of benzene rings is 1. The van der Waals surface area contributed by atoms with Crippen LogP contribution in [0.25, 0.3) is 0 Å². The molecule has 1 aliphatic heterocycles. The fraction of sp³-hybridized carbons (Fsp3) is 0.400. The molecule has 150 valence electrons. The van der Waals surface area contributed by atoms with Crippen LogP contribution in [0, 0.1) is 5.92 Å². The zero-order valence-corrected chi connectivity index (χ0v) is 15.2. The van der Waals surface area contributed by atoms with Gasteiger partial charge in [0.25, 0.3) is 0 Å². The van der Waals surface area contributed by atoms with Crippen molar-refractivity contribution in [2.45, 2.75) is 38.2 Å². The van der Waals surface area contributed by atoms with Gasteiger partial charge in [-0.25, -0.2) is 0 Å². The van der Waals surface area contributed by atoms with Gasteiger partial charge in [0.05, 0.1) is 11.6 Å². The molecule has 2 heterocycles. The Kier molecular flexibility index (Phi) is 6.18. The Balaban J connectivity index is 1.64. The van der Waals surface area contributed by atoms with Crippen molar-refractivity contribution in [2.75, 3.05) is 6.54 Å². The maximum atomic E-state index is 13.4. The van der Waals surface area contributed by atoms with Crippen LogP contribution in [0.1, 0.15) is 24.1 Å². The zero-order chi connectivity index (χ0) is 20.1. The predicted octanol–water partition coefficient (Wildman–Crippen LogP) is 3.29. The largest absolute Gasteiger partial charge is 0.487 e. The Hall–Kier alpha value is -2.61. The molecule has 5 nitrogen and oxygen atoms in total. The second-order valence-electron chi connectivity index (χ2n) is 6.92. The summed E-state index contributed by atoms with van der Waals surface area (Å²) in [5.74, 6) is -0.501. The fourth-order valence-electron chi connectivity index (χ4n) is 3.39. The molecule has 8 heteroatoms. The average Bonchev–Trinajstić information content (AvgIpc) is 2.67. The van der Waals surface area contributed by atoms with E-state index in [0.29, 0.717) is 17.9 Å². The number of piperidine rings is 1. The third kappa shape index (κ3) is 5.22. The summed E-state index contributed by atoms with van der Waals surface area (Å²) in [5, 5.41) is 0. The van der Waals surface area contributed by atoms with Gasteiger partial charge in [-0.2, -0.15) is 13.2 Å². The molecule has 0 bridgehead atoms. The monoisotopic (exact) mass is 393 g/mol. The second kappa shape index (κ2) is 8.60. The lowest BCUT2D eigenvalue weighted by atomic mass is 9.91. The first-order chi connectivity index (χ1) is 13.3. The quantitative estimate of drug-likeness (QED) is 0.818. The summed E-state index contributed by atoms with van der Waals surface area (Å²) >= 11 is 0. The number of carbonyl (C=O) groups excluding carboxylic acids is 1. The maximum Gasteiger partial charge on any atom is 0.404 e. The molecule has 2 N–H and O–H groups in total. The van der Waals surface area contributed by atoms with E-state index in [1.165, 1.54) is 4.90 Å². The molecule has 0 spiro atoms. The Bertz CT molecular complexity index is 782. The van der Waals surface area contributed by atoms with Gasteiger partial charge in [0.15, 0.2) is 0 Å². The minimum absolute atomic E-state index is 0.0113. The Morgan fingerprint density at radius 1 is 1.18 bits per heavy atom. The van der Waals surface area contributed by atoms with E-state index in [-0.39, 0.29) is 25.9 Å². The van der Waals surface area contributed by atoms with E-state index in [1.807, 2.05) is 18.2 Å². The summed E-state index contributed by atoms with van der Waals surface area (Å²) in [6.07, 6.45) is -2.62. The number of primary amides is 1. The number of hydrogen-bond acceptors (Lipinski definition) is 4. The Morgan fingerprint density at radius 2 is 1.93 bits per heavy atom. The summed E-state index contributed by atoms with van der Waals surface area (Å²) in [7, 11) is 0. The topological polar surface area (TPSA) is 68.5 Å². The molecule has 28 heavy (non-hydrogen) atoms. The van der Waals surface area contributed by atoms with Crippen LogP contribution in [0.5, 0.6) is 5.75 Å².